The molecule has 1 saturated carbocycles. The fraction of sp³-hybridized carbons (Fsp3) is 0.950. The Morgan fingerprint density at radius 2 is 1.75 bits per heavy atom. The van der Waals surface area contributed by atoms with Crippen LogP contribution in [0.1, 0.15) is 96.8 Å². The second kappa shape index (κ2) is 12.7. The van der Waals surface area contributed by atoms with Crippen LogP contribution in [0.5, 0.6) is 0 Å². The van der Waals surface area contributed by atoms with Crippen LogP contribution in [-0.2, 0) is 4.79 Å². The molecule has 4 atom stereocenters. The van der Waals surface area contributed by atoms with Crippen LogP contribution in [0, 0.1) is 11.8 Å². The van der Waals surface area contributed by atoms with Gasteiger partial charge in [-0.2, -0.15) is 0 Å². The van der Waals surface area contributed by atoms with Crippen molar-refractivity contribution in [2.24, 2.45) is 11.8 Å². The van der Waals surface area contributed by atoms with E-state index in [1.807, 2.05) is 0 Å². The molecule has 1 aliphatic rings. The molecule has 0 bridgehead atoms. The lowest BCUT2D eigenvalue weighted by molar-refractivity contribution is -0.137. The van der Waals surface area contributed by atoms with Gasteiger partial charge in [-0.1, -0.05) is 45.4 Å². The van der Waals surface area contributed by atoms with Gasteiger partial charge in [0.25, 0.3) is 0 Å². The molecule has 0 aromatic rings. The Bertz CT molecular complexity index is 332. The predicted molar refractivity (Wildman–Crippen MR) is 96.9 cm³/mol. The van der Waals surface area contributed by atoms with Crippen molar-refractivity contribution < 1.29 is 20.1 Å². The van der Waals surface area contributed by atoms with Crippen molar-refractivity contribution >= 4 is 5.97 Å². The van der Waals surface area contributed by atoms with E-state index in [1.54, 1.807) is 0 Å². The highest BCUT2D eigenvalue weighted by Gasteiger charge is 2.34. The zero-order valence-corrected chi connectivity index (χ0v) is 15.5. The van der Waals surface area contributed by atoms with E-state index in [0.717, 1.165) is 70.6 Å². The van der Waals surface area contributed by atoms with Crippen LogP contribution in [0.4, 0.5) is 0 Å². The lowest BCUT2D eigenvalue weighted by atomic mass is 9.85. The van der Waals surface area contributed by atoms with E-state index < -0.39 is 5.97 Å². The summed E-state index contributed by atoms with van der Waals surface area (Å²) in [4.78, 5) is 10.5. The summed E-state index contributed by atoms with van der Waals surface area (Å²) in [6.07, 6.45) is 13.2. The van der Waals surface area contributed by atoms with Crippen molar-refractivity contribution in [3.05, 3.63) is 0 Å². The van der Waals surface area contributed by atoms with E-state index in [2.05, 4.69) is 6.92 Å². The summed E-state index contributed by atoms with van der Waals surface area (Å²) in [5.74, 6) is 0.228. The van der Waals surface area contributed by atoms with Crippen molar-refractivity contribution in [2.75, 3.05) is 0 Å². The third-order valence-electron chi connectivity index (χ3n) is 5.62. The minimum atomic E-state index is -0.709. The third-order valence-corrected chi connectivity index (χ3v) is 5.62. The average Bonchev–Trinajstić information content (AvgIpc) is 2.89. The Labute approximate surface area is 147 Å². The maximum atomic E-state index is 10.5. The molecule has 0 unspecified atom stereocenters. The Morgan fingerprint density at radius 1 is 1.00 bits per heavy atom. The van der Waals surface area contributed by atoms with E-state index in [1.165, 1.54) is 12.8 Å². The van der Waals surface area contributed by atoms with E-state index in [9.17, 15) is 15.0 Å². The Hall–Kier alpha value is -0.610. The molecule has 0 aromatic heterocycles. The second-order valence-electron chi connectivity index (χ2n) is 7.64. The van der Waals surface area contributed by atoms with Crippen LogP contribution in [-0.4, -0.2) is 33.5 Å². The molecule has 4 heteroatoms. The number of aliphatic hydroxyl groups excluding tert-OH is 2. The zero-order valence-electron chi connectivity index (χ0n) is 15.5. The van der Waals surface area contributed by atoms with Crippen LogP contribution in [0.25, 0.3) is 0 Å². The number of aliphatic carboxylic acids is 1. The number of carboxylic acids is 1. The Morgan fingerprint density at radius 3 is 2.46 bits per heavy atom. The van der Waals surface area contributed by atoms with Crippen LogP contribution in [0.2, 0.25) is 0 Å². The highest BCUT2D eigenvalue weighted by molar-refractivity contribution is 5.66. The smallest absolute Gasteiger partial charge is 0.303 e. The van der Waals surface area contributed by atoms with Crippen molar-refractivity contribution in [1.29, 1.82) is 0 Å². The first-order valence-electron chi connectivity index (χ1n) is 10.1. The maximum absolute atomic E-state index is 10.5. The van der Waals surface area contributed by atoms with Crippen molar-refractivity contribution in [2.45, 2.75) is 109 Å². The van der Waals surface area contributed by atoms with Gasteiger partial charge in [-0.3, -0.25) is 4.79 Å². The van der Waals surface area contributed by atoms with Gasteiger partial charge in [0.2, 0.25) is 0 Å². The van der Waals surface area contributed by atoms with Gasteiger partial charge < -0.3 is 15.3 Å². The van der Waals surface area contributed by atoms with Crippen LogP contribution in [0.3, 0.4) is 0 Å². The van der Waals surface area contributed by atoms with E-state index in [0.29, 0.717) is 11.8 Å². The molecule has 1 fully saturated rings. The SMILES string of the molecule is CCCCC[C@H](O)CC[C@H]1CC[C@H](O)[C@@H]1CCCCCCC(=O)O. The van der Waals surface area contributed by atoms with Gasteiger partial charge in [-0.25, -0.2) is 0 Å². The molecule has 1 aliphatic carbocycles. The average molecular weight is 343 g/mol. The summed E-state index contributed by atoms with van der Waals surface area (Å²) in [7, 11) is 0. The summed E-state index contributed by atoms with van der Waals surface area (Å²) in [5.41, 5.74) is 0. The Kier molecular flexibility index (Phi) is 11.4. The topological polar surface area (TPSA) is 77.8 Å². The number of aliphatic hydroxyl groups is 2. The highest BCUT2D eigenvalue weighted by Crippen LogP contribution is 2.39. The number of hydrogen-bond acceptors (Lipinski definition) is 3. The Balaban J connectivity index is 2.18. The molecule has 0 saturated heterocycles. The van der Waals surface area contributed by atoms with Gasteiger partial charge in [0, 0.05) is 6.42 Å². The molecule has 1 rings (SSSR count). The number of carbonyl (C=O) groups is 1. The number of unbranched alkanes of at least 4 members (excludes halogenated alkanes) is 5. The largest absolute Gasteiger partial charge is 0.481 e. The first-order valence-corrected chi connectivity index (χ1v) is 10.1. The second-order valence-corrected chi connectivity index (χ2v) is 7.64. The highest BCUT2D eigenvalue weighted by atomic mass is 16.4. The molecule has 0 heterocycles. The van der Waals surface area contributed by atoms with Gasteiger partial charge in [-0.05, 0) is 56.8 Å². The molecule has 0 spiro atoms. The first-order chi connectivity index (χ1) is 11.5. The molecule has 0 aromatic carbocycles. The van der Waals surface area contributed by atoms with E-state index in [4.69, 9.17) is 5.11 Å². The summed E-state index contributed by atoms with van der Waals surface area (Å²) in [6.45, 7) is 2.18. The minimum Gasteiger partial charge on any atom is -0.481 e. The molecule has 3 N–H and O–H groups in total. The maximum Gasteiger partial charge on any atom is 0.303 e. The molecule has 4 nitrogen and oxygen atoms in total. The summed E-state index contributed by atoms with van der Waals surface area (Å²) in [6, 6.07) is 0. The zero-order chi connectivity index (χ0) is 17.8. The van der Waals surface area contributed by atoms with Gasteiger partial charge in [-0.15, -0.1) is 0 Å². The number of hydrogen-bond donors (Lipinski definition) is 3. The van der Waals surface area contributed by atoms with Gasteiger partial charge in [0.05, 0.1) is 12.2 Å². The van der Waals surface area contributed by atoms with Gasteiger partial charge >= 0.3 is 5.97 Å². The van der Waals surface area contributed by atoms with Crippen LogP contribution >= 0.6 is 0 Å². The summed E-state index contributed by atoms with van der Waals surface area (Å²) in [5, 5.41) is 29.0. The normalized spacial score (nSPS) is 25.0. The lowest BCUT2D eigenvalue weighted by Gasteiger charge is -2.23. The molecule has 24 heavy (non-hydrogen) atoms. The van der Waals surface area contributed by atoms with E-state index in [-0.39, 0.29) is 18.6 Å². The van der Waals surface area contributed by atoms with E-state index >= 15 is 0 Å². The molecular weight excluding hydrogens is 304 g/mol. The summed E-state index contributed by atoms with van der Waals surface area (Å²) < 4.78 is 0. The molecule has 0 radical (unpaired) electrons. The number of rotatable bonds is 14. The molecular formula is C20H38O4. The quantitative estimate of drug-likeness (QED) is 0.406. The van der Waals surface area contributed by atoms with Crippen molar-refractivity contribution in [3.63, 3.8) is 0 Å². The van der Waals surface area contributed by atoms with Crippen LogP contribution in [0.15, 0.2) is 0 Å². The lowest BCUT2D eigenvalue weighted by Crippen LogP contribution is -2.20. The van der Waals surface area contributed by atoms with Gasteiger partial charge in [0.15, 0.2) is 0 Å². The number of carboxylic acid groups (broad SMARTS) is 1. The molecule has 142 valence electrons. The van der Waals surface area contributed by atoms with Crippen LogP contribution < -0.4 is 0 Å². The predicted octanol–water partition coefficient (Wildman–Crippen LogP) is 4.52. The first kappa shape index (κ1) is 21.4. The summed E-state index contributed by atoms with van der Waals surface area (Å²) >= 11 is 0. The monoisotopic (exact) mass is 342 g/mol. The van der Waals surface area contributed by atoms with Crippen molar-refractivity contribution in [1.82, 2.24) is 0 Å². The molecule has 0 aliphatic heterocycles. The minimum absolute atomic E-state index is 0.175. The fourth-order valence-corrected chi connectivity index (χ4v) is 4.10. The standard InChI is InChI=1S/C20H38O4/c1-2-3-6-9-17(21)14-12-16-13-15-19(22)18(16)10-7-4-5-8-11-20(23)24/h16-19,21-22H,2-15H2,1H3,(H,23,24)/t16-,17-,18+,19-/m0/s1. The van der Waals surface area contributed by atoms with Crippen molar-refractivity contribution in [3.8, 4) is 0 Å². The molecule has 0 amide bonds. The third kappa shape index (κ3) is 9.03. The fourth-order valence-electron chi connectivity index (χ4n) is 4.10. The van der Waals surface area contributed by atoms with Gasteiger partial charge in [0.1, 0.15) is 0 Å².